The van der Waals surface area contributed by atoms with Crippen LogP contribution in [0.15, 0.2) is 6.07 Å². The van der Waals surface area contributed by atoms with Crippen LogP contribution in [-0.4, -0.2) is 29.8 Å². The predicted octanol–water partition coefficient (Wildman–Crippen LogP) is 1.24. The van der Waals surface area contributed by atoms with E-state index in [4.69, 9.17) is 10.7 Å². The van der Waals surface area contributed by atoms with E-state index < -0.39 is 0 Å². The standard InChI is InChI=1S/C15H23N3O/c1-18(9-10-5-13(19)6-10)15-12(8-16)7-11-3-2-4-14(11)17-15/h7,10,13,19H,2-6,8-9,16H2,1H3. The molecular formula is C15H23N3O. The maximum Gasteiger partial charge on any atom is 0.133 e. The molecule has 1 fully saturated rings. The van der Waals surface area contributed by atoms with Gasteiger partial charge >= 0.3 is 0 Å². The first-order chi connectivity index (χ1) is 9.17. The van der Waals surface area contributed by atoms with Crippen molar-refractivity contribution >= 4 is 5.82 Å². The van der Waals surface area contributed by atoms with Crippen LogP contribution < -0.4 is 10.6 Å². The summed E-state index contributed by atoms with van der Waals surface area (Å²) < 4.78 is 0. The highest BCUT2D eigenvalue weighted by Crippen LogP contribution is 2.31. The Morgan fingerprint density at radius 3 is 2.89 bits per heavy atom. The maximum atomic E-state index is 9.38. The van der Waals surface area contributed by atoms with Gasteiger partial charge in [-0.25, -0.2) is 4.98 Å². The minimum atomic E-state index is -0.0830. The van der Waals surface area contributed by atoms with E-state index in [-0.39, 0.29) is 6.10 Å². The summed E-state index contributed by atoms with van der Waals surface area (Å²) in [7, 11) is 2.09. The van der Waals surface area contributed by atoms with Gasteiger partial charge in [-0.05, 0) is 49.7 Å². The minimum absolute atomic E-state index is 0.0830. The smallest absolute Gasteiger partial charge is 0.133 e. The molecule has 4 nitrogen and oxygen atoms in total. The molecule has 0 saturated heterocycles. The van der Waals surface area contributed by atoms with Crippen LogP contribution in [0, 0.1) is 5.92 Å². The van der Waals surface area contributed by atoms with E-state index in [1.807, 2.05) is 0 Å². The van der Waals surface area contributed by atoms with Crippen molar-refractivity contribution in [2.24, 2.45) is 11.7 Å². The number of pyridine rings is 1. The molecule has 0 spiro atoms. The highest BCUT2D eigenvalue weighted by atomic mass is 16.3. The molecule has 104 valence electrons. The second-order valence-corrected chi connectivity index (χ2v) is 6.01. The number of hydrogen-bond acceptors (Lipinski definition) is 4. The molecule has 1 aromatic heterocycles. The van der Waals surface area contributed by atoms with Crippen LogP contribution in [0.4, 0.5) is 5.82 Å². The Hall–Kier alpha value is -1.13. The average Bonchev–Trinajstić information content (AvgIpc) is 2.82. The zero-order valence-electron chi connectivity index (χ0n) is 11.6. The van der Waals surface area contributed by atoms with E-state index in [0.717, 1.165) is 43.6 Å². The average molecular weight is 261 g/mol. The first kappa shape index (κ1) is 12.9. The van der Waals surface area contributed by atoms with Crippen LogP contribution in [-0.2, 0) is 19.4 Å². The molecule has 3 rings (SSSR count). The second-order valence-electron chi connectivity index (χ2n) is 6.01. The van der Waals surface area contributed by atoms with Gasteiger partial charge in [0.2, 0.25) is 0 Å². The summed E-state index contributed by atoms with van der Waals surface area (Å²) in [5.41, 5.74) is 9.67. The first-order valence-corrected chi connectivity index (χ1v) is 7.28. The Kier molecular flexibility index (Phi) is 3.46. The number of aryl methyl sites for hydroxylation is 2. The summed E-state index contributed by atoms with van der Waals surface area (Å²) >= 11 is 0. The number of nitrogens with two attached hydrogens (primary N) is 1. The van der Waals surface area contributed by atoms with E-state index in [9.17, 15) is 5.11 Å². The summed E-state index contributed by atoms with van der Waals surface area (Å²) in [6.07, 6.45) is 5.23. The molecule has 0 unspecified atom stereocenters. The van der Waals surface area contributed by atoms with Gasteiger partial charge in [0.15, 0.2) is 0 Å². The van der Waals surface area contributed by atoms with Gasteiger partial charge in [0.1, 0.15) is 5.82 Å². The number of nitrogens with zero attached hydrogens (tertiary/aromatic N) is 2. The van der Waals surface area contributed by atoms with Crippen LogP contribution in [0.2, 0.25) is 0 Å². The minimum Gasteiger partial charge on any atom is -0.393 e. The normalized spacial score (nSPS) is 25.0. The summed E-state index contributed by atoms with van der Waals surface area (Å²) in [5, 5.41) is 9.38. The molecule has 0 aromatic carbocycles. The number of aliphatic hydroxyl groups excluding tert-OH is 1. The van der Waals surface area contributed by atoms with Gasteiger partial charge in [0, 0.05) is 31.4 Å². The molecule has 0 amide bonds. The number of aliphatic hydroxyl groups is 1. The highest BCUT2D eigenvalue weighted by Gasteiger charge is 2.29. The van der Waals surface area contributed by atoms with Crippen molar-refractivity contribution in [3.63, 3.8) is 0 Å². The molecule has 1 heterocycles. The van der Waals surface area contributed by atoms with Crippen molar-refractivity contribution in [1.29, 1.82) is 0 Å². The lowest BCUT2D eigenvalue weighted by atomic mass is 9.82. The Morgan fingerprint density at radius 2 is 2.21 bits per heavy atom. The zero-order valence-corrected chi connectivity index (χ0v) is 11.6. The van der Waals surface area contributed by atoms with Crippen molar-refractivity contribution in [3.05, 3.63) is 22.9 Å². The quantitative estimate of drug-likeness (QED) is 0.856. The maximum absolute atomic E-state index is 9.38. The summed E-state index contributed by atoms with van der Waals surface area (Å²) in [4.78, 5) is 7.06. The van der Waals surface area contributed by atoms with Crippen molar-refractivity contribution in [3.8, 4) is 0 Å². The van der Waals surface area contributed by atoms with Crippen molar-refractivity contribution < 1.29 is 5.11 Å². The van der Waals surface area contributed by atoms with E-state index >= 15 is 0 Å². The monoisotopic (exact) mass is 261 g/mol. The number of hydrogen-bond donors (Lipinski definition) is 2. The third-order valence-corrected chi connectivity index (χ3v) is 4.43. The summed E-state index contributed by atoms with van der Waals surface area (Å²) in [6.45, 7) is 1.52. The van der Waals surface area contributed by atoms with Crippen LogP contribution in [0.25, 0.3) is 0 Å². The highest BCUT2D eigenvalue weighted by molar-refractivity contribution is 5.50. The SMILES string of the molecule is CN(CC1CC(O)C1)c1nc2c(cc1CN)CCC2. The van der Waals surface area contributed by atoms with Gasteiger partial charge in [-0.3, -0.25) is 0 Å². The fraction of sp³-hybridized carbons (Fsp3) is 0.667. The number of fused-ring (bicyclic) bond motifs is 1. The van der Waals surface area contributed by atoms with Gasteiger partial charge in [-0.1, -0.05) is 0 Å². The molecular weight excluding hydrogens is 238 g/mol. The molecule has 0 radical (unpaired) electrons. The van der Waals surface area contributed by atoms with Gasteiger partial charge in [0.25, 0.3) is 0 Å². The van der Waals surface area contributed by atoms with Gasteiger partial charge in [-0.2, -0.15) is 0 Å². The Balaban J connectivity index is 1.78. The van der Waals surface area contributed by atoms with E-state index in [1.54, 1.807) is 0 Å². The van der Waals surface area contributed by atoms with Crippen LogP contribution >= 0.6 is 0 Å². The van der Waals surface area contributed by atoms with Gasteiger partial charge < -0.3 is 15.7 Å². The molecule has 3 N–H and O–H groups in total. The predicted molar refractivity (Wildman–Crippen MR) is 76.2 cm³/mol. The number of aromatic nitrogens is 1. The molecule has 4 heteroatoms. The van der Waals surface area contributed by atoms with Crippen LogP contribution in [0.1, 0.15) is 36.1 Å². The lowest BCUT2D eigenvalue weighted by Gasteiger charge is -2.35. The number of rotatable bonds is 4. The lowest BCUT2D eigenvalue weighted by molar-refractivity contribution is 0.0464. The van der Waals surface area contributed by atoms with Crippen LogP contribution in [0.5, 0.6) is 0 Å². The third-order valence-electron chi connectivity index (χ3n) is 4.43. The molecule has 1 aromatic rings. The van der Waals surface area contributed by atoms with Crippen LogP contribution in [0.3, 0.4) is 0 Å². The molecule has 0 aliphatic heterocycles. The lowest BCUT2D eigenvalue weighted by Crippen LogP contribution is -2.37. The third kappa shape index (κ3) is 2.47. The van der Waals surface area contributed by atoms with Gasteiger partial charge in [0.05, 0.1) is 6.10 Å². The van der Waals surface area contributed by atoms with Gasteiger partial charge in [-0.15, -0.1) is 0 Å². The molecule has 2 aliphatic carbocycles. The largest absolute Gasteiger partial charge is 0.393 e. The summed E-state index contributed by atoms with van der Waals surface area (Å²) in [6, 6.07) is 2.25. The second kappa shape index (κ2) is 5.10. The van der Waals surface area contributed by atoms with Crippen molar-refractivity contribution in [2.75, 3.05) is 18.5 Å². The first-order valence-electron chi connectivity index (χ1n) is 7.28. The Labute approximate surface area is 114 Å². The molecule has 0 bridgehead atoms. The fourth-order valence-electron chi connectivity index (χ4n) is 3.31. The van der Waals surface area contributed by atoms with E-state index in [2.05, 4.69) is 18.0 Å². The van der Waals surface area contributed by atoms with E-state index in [1.165, 1.54) is 17.7 Å². The fourth-order valence-corrected chi connectivity index (χ4v) is 3.31. The van der Waals surface area contributed by atoms with E-state index in [0.29, 0.717) is 12.5 Å². The molecule has 2 aliphatic rings. The van der Waals surface area contributed by atoms with Crippen molar-refractivity contribution in [1.82, 2.24) is 4.98 Å². The topological polar surface area (TPSA) is 62.4 Å². The molecule has 1 saturated carbocycles. The summed E-state index contributed by atoms with van der Waals surface area (Å²) in [5.74, 6) is 1.64. The van der Waals surface area contributed by atoms with Crippen molar-refractivity contribution in [2.45, 2.75) is 44.8 Å². The molecule has 0 atom stereocenters. The molecule has 19 heavy (non-hydrogen) atoms. The Bertz CT molecular complexity index is 469. The number of anilines is 1. The Morgan fingerprint density at radius 1 is 1.42 bits per heavy atom. The zero-order chi connectivity index (χ0) is 13.4.